The Bertz CT molecular complexity index is 378. The molecule has 1 aliphatic rings. The second-order valence-corrected chi connectivity index (χ2v) is 4.87. The number of nitrogens with zero attached hydrogens (tertiary/aromatic N) is 2. The van der Waals surface area contributed by atoms with Gasteiger partial charge in [0.15, 0.2) is 0 Å². The Morgan fingerprint density at radius 3 is 1.94 bits per heavy atom. The Morgan fingerprint density at radius 2 is 1.50 bits per heavy atom. The predicted octanol–water partition coefficient (Wildman–Crippen LogP) is 0.915. The van der Waals surface area contributed by atoms with Gasteiger partial charge in [0.05, 0.1) is 11.2 Å². The van der Waals surface area contributed by atoms with Gasteiger partial charge in [-0.25, -0.2) is 9.97 Å². The first-order valence-electron chi connectivity index (χ1n) is 5.15. The summed E-state index contributed by atoms with van der Waals surface area (Å²) in [6.07, 6.45) is 2.01. The van der Waals surface area contributed by atoms with E-state index in [0.29, 0.717) is 5.46 Å². The summed E-state index contributed by atoms with van der Waals surface area (Å²) in [4.78, 5) is 6.96. The molecule has 0 atom stereocenters. The lowest BCUT2D eigenvalue weighted by molar-refractivity contribution is 0.00578. The molecule has 2 heterocycles. The van der Waals surface area contributed by atoms with Crippen LogP contribution in [0.15, 0.2) is 12.4 Å². The maximum atomic E-state index is 12.6. The third-order valence-corrected chi connectivity index (χ3v) is 3.17. The van der Waals surface area contributed by atoms with E-state index in [2.05, 4.69) is 9.97 Å². The third kappa shape index (κ3) is 1.83. The van der Waals surface area contributed by atoms with Crippen molar-refractivity contribution < 1.29 is 13.7 Å². The third-order valence-electron chi connectivity index (χ3n) is 3.17. The van der Waals surface area contributed by atoms with Gasteiger partial charge < -0.3 is 9.31 Å². The van der Waals surface area contributed by atoms with Crippen LogP contribution in [0.2, 0.25) is 0 Å². The van der Waals surface area contributed by atoms with Crippen molar-refractivity contribution in [3.63, 3.8) is 0 Å². The largest absolute Gasteiger partial charge is 0.498 e. The monoisotopic (exact) mass is 224 g/mol. The van der Waals surface area contributed by atoms with E-state index in [-0.39, 0.29) is 0 Å². The average molecular weight is 224 g/mol. The summed E-state index contributed by atoms with van der Waals surface area (Å²) in [7, 11) is -0.536. The fraction of sp³-hybridized carbons (Fsp3) is 0.600. The molecule has 0 aliphatic carbocycles. The first-order chi connectivity index (χ1) is 7.32. The molecule has 0 spiro atoms. The highest BCUT2D eigenvalue weighted by Gasteiger charge is 2.51. The molecule has 2 rings (SSSR count). The zero-order chi connectivity index (χ0) is 12.0. The summed E-state index contributed by atoms with van der Waals surface area (Å²) in [5, 5.41) is 0. The van der Waals surface area contributed by atoms with Gasteiger partial charge in [0.25, 0.3) is 0 Å². The first kappa shape index (κ1) is 11.5. The van der Waals surface area contributed by atoms with Crippen molar-refractivity contribution in [3.05, 3.63) is 18.5 Å². The molecule has 0 N–H and O–H groups in total. The summed E-state index contributed by atoms with van der Waals surface area (Å²) in [6, 6.07) is 0. The second-order valence-electron chi connectivity index (χ2n) is 4.87. The Hall–Kier alpha value is -1.01. The van der Waals surface area contributed by atoms with Crippen LogP contribution in [0.3, 0.4) is 0 Å². The van der Waals surface area contributed by atoms with E-state index in [1.165, 1.54) is 12.4 Å². The molecule has 0 aromatic carbocycles. The molecule has 6 heteroatoms. The van der Waals surface area contributed by atoms with Crippen LogP contribution in [0, 0.1) is 6.08 Å². The van der Waals surface area contributed by atoms with Crippen molar-refractivity contribution in [3.8, 4) is 0 Å². The van der Waals surface area contributed by atoms with E-state index in [1.54, 1.807) is 0 Å². The summed E-state index contributed by atoms with van der Waals surface area (Å²) in [5.74, 6) is 0. The minimum Gasteiger partial charge on any atom is -0.399 e. The van der Waals surface area contributed by atoms with Crippen LogP contribution in [-0.4, -0.2) is 28.3 Å². The Balaban J connectivity index is 2.23. The molecule has 0 unspecified atom stereocenters. The maximum absolute atomic E-state index is 12.6. The van der Waals surface area contributed by atoms with Gasteiger partial charge in [0, 0.05) is 17.9 Å². The smallest absolute Gasteiger partial charge is 0.399 e. The van der Waals surface area contributed by atoms with E-state index >= 15 is 0 Å². The number of hydrogen-bond acceptors (Lipinski definition) is 4. The van der Waals surface area contributed by atoms with E-state index in [4.69, 9.17) is 9.31 Å². The zero-order valence-electron chi connectivity index (χ0n) is 9.82. The molecule has 0 bridgehead atoms. The molecule has 1 aliphatic heterocycles. The molecule has 1 aromatic rings. The molecule has 0 radical (unpaired) electrons. The van der Waals surface area contributed by atoms with Gasteiger partial charge in [-0.2, -0.15) is 4.39 Å². The predicted molar refractivity (Wildman–Crippen MR) is 57.7 cm³/mol. The highest BCUT2D eigenvalue weighted by atomic mass is 19.1. The van der Waals surface area contributed by atoms with E-state index in [0.717, 1.165) is 0 Å². The lowest BCUT2D eigenvalue weighted by atomic mass is 9.81. The van der Waals surface area contributed by atoms with Crippen LogP contribution < -0.4 is 5.46 Å². The van der Waals surface area contributed by atoms with Crippen LogP contribution in [-0.2, 0) is 9.31 Å². The number of aromatic nitrogens is 2. The van der Waals surface area contributed by atoms with Crippen LogP contribution >= 0.6 is 0 Å². The van der Waals surface area contributed by atoms with Crippen molar-refractivity contribution in [2.75, 3.05) is 0 Å². The summed E-state index contributed by atoms with van der Waals surface area (Å²) < 4.78 is 24.1. The van der Waals surface area contributed by atoms with Crippen LogP contribution in [0.5, 0.6) is 0 Å². The molecule has 1 fully saturated rings. The first-order valence-corrected chi connectivity index (χ1v) is 5.15. The molecular weight excluding hydrogens is 210 g/mol. The maximum Gasteiger partial charge on any atom is 0.498 e. The van der Waals surface area contributed by atoms with Crippen molar-refractivity contribution in [2.45, 2.75) is 38.9 Å². The van der Waals surface area contributed by atoms with Crippen LogP contribution in [0.1, 0.15) is 27.7 Å². The fourth-order valence-electron chi connectivity index (χ4n) is 1.42. The summed E-state index contributed by atoms with van der Waals surface area (Å²) in [5.41, 5.74) is -0.196. The number of rotatable bonds is 1. The van der Waals surface area contributed by atoms with Gasteiger partial charge in [-0.15, -0.1) is 0 Å². The van der Waals surface area contributed by atoms with Crippen LogP contribution in [0.4, 0.5) is 4.39 Å². The minimum absolute atomic E-state index is 0.411. The molecule has 1 saturated heterocycles. The SMILES string of the molecule is CC1(C)OB(c2cnc(F)nc2)OC1(C)C. The zero-order valence-corrected chi connectivity index (χ0v) is 9.82. The quantitative estimate of drug-likeness (QED) is 0.525. The van der Waals surface area contributed by atoms with Crippen molar-refractivity contribution >= 4 is 12.6 Å². The van der Waals surface area contributed by atoms with Gasteiger partial charge in [-0.05, 0) is 27.7 Å². The lowest BCUT2D eigenvalue weighted by Crippen LogP contribution is -2.41. The van der Waals surface area contributed by atoms with Gasteiger partial charge in [0.2, 0.25) is 0 Å². The van der Waals surface area contributed by atoms with Gasteiger partial charge in [0.1, 0.15) is 0 Å². The standard InChI is InChI=1S/C10H14BFN2O2/c1-9(2)10(3,4)16-11(15-9)7-5-13-8(12)14-6-7/h5-6H,1-4H3. The Morgan fingerprint density at radius 1 is 1.06 bits per heavy atom. The molecule has 1 aromatic heterocycles. The molecule has 86 valence electrons. The second kappa shape index (κ2) is 3.50. The summed E-state index contributed by atoms with van der Waals surface area (Å²) >= 11 is 0. The van der Waals surface area contributed by atoms with Crippen molar-refractivity contribution in [1.29, 1.82) is 0 Å². The number of halogens is 1. The molecule has 4 nitrogen and oxygen atoms in total. The van der Waals surface area contributed by atoms with E-state index < -0.39 is 24.4 Å². The van der Waals surface area contributed by atoms with Gasteiger partial charge in [-0.1, -0.05) is 0 Å². The summed E-state index contributed by atoms with van der Waals surface area (Å²) in [6.45, 7) is 7.82. The highest BCUT2D eigenvalue weighted by Crippen LogP contribution is 2.36. The molecule has 0 amide bonds. The highest BCUT2D eigenvalue weighted by molar-refractivity contribution is 6.61. The minimum atomic E-state index is -0.750. The normalized spacial score (nSPS) is 22.4. The fourth-order valence-corrected chi connectivity index (χ4v) is 1.42. The van der Waals surface area contributed by atoms with Crippen molar-refractivity contribution in [2.24, 2.45) is 0 Å². The molecular formula is C10H14BFN2O2. The van der Waals surface area contributed by atoms with Gasteiger partial charge >= 0.3 is 13.2 Å². The lowest BCUT2D eigenvalue weighted by Gasteiger charge is -2.32. The van der Waals surface area contributed by atoms with E-state index in [9.17, 15) is 4.39 Å². The molecule has 0 saturated carbocycles. The van der Waals surface area contributed by atoms with E-state index in [1.807, 2.05) is 27.7 Å². The Kier molecular flexibility index (Phi) is 2.51. The number of hydrogen-bond donors (Lipinski definition) is 0. The van der Waals surface area contributed by atoms with Gasteiger partial charge in [-0.3, -0.25) is 0 Å². The average Bonchev–Trinajstić information content (AvgIpc) is 2.37. The van der Waals surface area contributed by atoms with Crippen LogP contribution in [0.25, 0.3) is 0 Å². The topological polar surface area (TPSA) is 44.2 Å². The Labute approximate surface area is 94.3 Å². The molecule has 16 heavy (non-hydrogen) atoms. The van der Waals surface area contributed by atoms with Crippen molar-refractivity contribution in [1.82, 2.24) is 9.97 Å².